The second kappa shape index (κ2) is 3.21. The highest BCUT2D eigenvalue weighted by Crippen LogP contribution is 2.35. The molecule has 3 aliphatic heterocycles. The number of nitrogens with zero attached hydrogens (tertiary/aromatic N) is 3. The van der Waals surface area contributed by atoms with Gasteiger partial charge in [0.15, 0.2) is 0 Å². The number of hydrazine groups is 1. The van der Waals surface area contributed by atoms with Crippen LogP contribution in [0.2, 0.25) is 0 Å². The van der Waals surface area contributed by atoms with Crippen molar-refractivity contribution < 1.29 is 23.8 Å². The van der Waals surface area contributed by atoms with Gasteiger partial charge >= 0.3 is 11.8 Å². The lowest BCUT2D eigenvalue weighted by Gasteiger charge is -2.48. The van der Waals surface area contributed by atoms with Gasteiger partial charge in [0, 0.05) is 12.8 Å². The van der Waals surface area contributed by atoms with E-state index >= 15 is 0 Å². The fraction of sp³-hybridized carbons (Fsp3) is 0.600. The number of hydrogen-bond donors (Lipinski definition) is 0. The van der Waals surface area contributed by atoms with Crippen LogP contribution in [0.3, 0.4) is 0 Å². The molecule has 0 radical (unpaired) electrons. The molecule has 0 bridgehead atoms. The van der Waals surface area contributed by atoms with Gasteiger partial charge < -0.3 is 0 Å². The van der Waals surface area contributed by atoms with Gasteiger partial charge in [0.2, 0.25) is 11.8 Å². The molecule has 17 heavy (non-hydrogen) atoms. The Morgan fingerprint density at radius 2 is 1.35 bits per heavy atom. The summed E-state index contributed by atoms with van der Waals surface area (Å²) in [6.45, 7) is 0.768. The highest BCUT2D eigenvalue weighted by Gasteiger charge is 2.65. The third-order valence-electron chi connectivity index (χ3n) is 3.65. The van der Waals surface area contributed by atoms with Gasteiger partial charge in [-0.3, -0.25) is 9.59 Å². The smallest absolute Gasteiger partial charge is 0.273 e. The minimum Gasteiger partial charge on any atom is -0.273 e. The number of carbonyl (C=O) groups is 4. The Bertz CT molecular complexity index is 426. The lowest BCUT2D eigenvalue weighted by Crippen LogP contribution is -2.79. The maximum atomic E-state index is 11.8. The number of carbonyl (C=O) groups excluding carboxylic acids is 4. The fourth-order valence-electron chi connectivity index (χ4n) is 2.69. The van der Waals surface area contributed by atoms with Crippen LogP contribution in [-0.2, 0) is 19.2 Å². The molecule has 3 aliphatic rings. The van der Waals surface area contributed by atoms with Crippen LogP contribution in [0.4, 0.5) is 0 Å². The summed E-state index contributed by atoms with van der Waals surface area (Å²) in [5, 5.41) is 2.32. The monoisotopic (exact) mass is 238 g/mol. The molecule has 0 aromatic carbocycles. The highest BCUT2D eigenvalue weighted by atomic mass is 16.3. The van der Waals surface area contributed by atoms with Crippen molar-refractivity contribution in [1.29, 1.82) is 0 Å². The molecule has 7 nitrogen and oxygen atoms in total. The molecule has 0 N–H and O–H groups in total. The standard InChI is InChI=1S/C10H12N3O4/c14-7-1-2-8(15)12(7)11-5-6-13(11)9(16)3-4-10(13)17/h1-6H2/q+1. The van der Waals surface area contributed by atoms with Gasteiger partial charge in [-0.05, 0) is 5.12 Å². The van der Waals surface area contributed by atoms with Crippen molar-refractivity contribution in [1.82, 2.24) is 10.1 Å². The Balaban J connectivity index is 1.95. The zero-order valence-corrected chi connectivity index (χ0v) is 9.22. The van der Waals surface area contributed by atoms with Crippen molar-refractivity contribution in [2.45, 2.75) is 25.7 Å². The minimum absolute atomic E-state index is 0.164. The molecule has 0 unspecified atom stereocenters. The van der Waals surface area contributed by atoms with Crippen molar-refractivity contribution in [2.75, 3.05) is 13.1 Å². The third-order valence-corrected chi connectivity index (χ3v) is 3.65. The lowest BCUT2D eigenvalue weighted by atomic mass is 10.3. The summed E-state index contributed by atoms with van der Waals surface area (Å²) in [4.78, 5) is 46.9. The maximum absolute atomic E-state index is 11.8. The minimum atomic E-state index is -0.447. The van der Waals surface area contributed by atoms with E-state index in [9.17, 15) is 19.2 Å². The van der Waals surface area contributed by atoms with Crippen LogP contribution in [-0.4, -0.2) is 51.4 Å². The van der Waals surface area contributed by atoms with Gasteiger partial charge in [0.05, 0.1) is 12.8 Å². The first-order valence-electron chi connectivity index (χ1n) is 5.66. The van der Waals surface area contributed by atoms with E-state index in [1.807, 2.05) is 0 Å². The van der Waals surface area contributed by atoms with E-state index in [-0.39, 0.29) is 49.3 Å². The normalized spacial score (nSPS) is 28.4. The Labute approximate surface area is 97.1 Å². The fourth-order valence-corrected chi connectivity index (χ4v) is 2.69. The SMILES string of the molecule is O=C1CCC(=O)N1N1CC[N+]12C(=O)CCC2=O. The van der Waals surface area contributed by atoms with Crippen molar-refractivity contribution in [2.24, 2.45) is 0 Å². The van der Waals surface area contributed by atoms with Crippen LogP contribution in [0.25, 0.3) is 0 Å². The Kier molecular flexibility index (Phi) is 1.99. The Morgan fingerprint density at radius 1 is 0.824 bits per heavy atom. The molecule has 3 saturated heterocycles. The van der Waals surface area contributed by atoms with E-state index in [1.54, 1.807) is 0 Å². The Hall–Kier alpha value is -1.60. The summed E-state index contributed by atoms with van der Waals surface area (Å²) >= 11 is 0. The molecule has 4 amide bonds. The molecule has 0 aromatic heterocycles. The summed E-state index contributed by atoms with van der Waals surface area (Å²) in [5.74, 6) is -1.07. The van der Waals surface area contributed by atoms with Gasteiger partial charge in [0.25, 0.3) is 0 Å². The number of rotatable bonds is 1. The van der Waals surface area contributed by atoms with Crippen molar-refractivity contribution in [3.05, 3.63) is 0 Å². The molecule has 3 rings (SSSR count). The average molecular weight is 238 g/mol. The molecular formula is C10H12N3O4+. The molecule has 1 spiro atoms. The molecule has 3 heterocycles. The summed E-state index contributed by atoms with van der Waals surface area (Å²) in [6.07, 6.45) is 0.729. The van der Waals surface area contributed by atoms with E-state index in [4.69, 9.17) is 0 Å². The average Bonchev–Trinajstić information content (AvgIpc) is 2.73. The predicted octanol–water partition coefficient (Wildman–Crippen LogP) is -1.06. The van der Waals surface area contributed by atoms with Crippen molar-refractivity contribution in [3.8, 4) is 0 Å². The van der Waals surface area contributed by atoms with E-state index in [0.717, 1.165) is 5.01 Å². The van der Waals surface area contributed by atoms with Crippen LogP contribution in [0.1, 0.15) is 25.7 Å². The second-order valence-electron chi connectivity index (χ2n) is 4.48. The first-order valence-corrected chi connectivity index (χ1v) is 5.66. The molecule has 7 heteroatoms. The third kappa shape index (κ3) is 1.12. The number of hydrogen-bond acceptors (Lipinski definition) is 5. The van der Waals surface area contributed by atoms with Gasteiger partial charge in [0.1, 0.15) is 13.1 Å². The first kappa shape index (κ1) is 10.5. The summed E-state index contributed by atoms with van der Waals surface area (Å²) < 4.78 is -0.447. The van der Waals surface area contributed by atoms with Crippen LogP contribution in [0.15, 0.2) is 0 Å². The van der Waals surface area contributed by atoms with E-state index in [1.165, 1.54) is 5.12 Å². The van der Waals surface area contributed by atoms with Gasteiger partial charge in [-0.1, -0.05) is 4.59 Å². The first-order chi connectivity index (χ1) is 8.07. The van der Waals surface area contributed by atoms with E-state index in [0.29, 0.717) is 13.1 Å². The van der Waals surface area contributed by atoms with E-state index < -0.39 is 4.59 Å². The van der Waals surface area contributed by atoms with Gasteiger partial charge in [-0.2, -0.15) is 5.01 Å². The molecule has 0 saturated carbocycles. The highest BCUT2D eigenvalue weighted by molar-refractivity contribution is 6.01. The summed E-state index contributed by atoms with van der Waals surface area (Å²) in [5.41, 5.74) is 0. The van der Waals surface area contributed by atoms with Crippen molar-refractivity contribution in [3.63, 3.8) is 0 Å². The second-order valence-corrected chi connectivity index (χ2v) is 4.48. The van der Waals surface area contributed by atoms with Gasteiger partial charge in [-0.15, -0.1) is 0 Å². The number of imide groups is 2. The topological polar surface area (TPSA) is 74.8 Å². The lowest BCUT2D eigenvalue weighted by molar-refractivity contribution is -0.964. The van der Waals surface area contributed by atoms with Gasteiger partial charge in [-0.25, -0.2) is 9.59 Å². The van der Waals surface area contributed by atoms with Crippen LogP contribution < -0.4 is 0 Å². The zero-order valence-electron chi connectivity index (χ0n) is 9.22. The largest absolute Gasteiger partial charge is 0.342 e. The van der Waals surface area contributed by atoms with Crippen LogP contribution in [0.5, 0.6) is 0 Å². The van der Waals surface area contributed by atoms with Crippen molar-refractivity contribution >= 4 is 23.6 Å². The molecule has 3 fully saturated rings. The summed E-state index contributed by atoms with van der Waals surface area (Å²) in [7, 11) is 0. The Morgan fingerprint density at radius 3 is 1.76 bits per heavy atom. The molecule has 0 aromatic rings. The predicted molar refractivity (Wildman–Crippen MR) is 52.2 cm³/mol. The number of quaternary nitrogens is 1. The number of amides is 4. The van der Waals surface area contributed by atoms with Crippen LogP contribution >= 0.6 is 0 Å². The zero-order chi connectivity index (χ0) is 12.2. The molecule has 90 valence electrons. The van der Waals surface area contributed by atoms with E-state index in [2.05, 4.69) is 0 Å². The molecular weight excluding hydrogens is 226 g/mol. The molecule has 0 aliphatic carbocycles. The quantitative estimate of drug-likeness (QED) is 0.430. The summed E-state index contributed by atoms with van der Waals surface area (Å²) in [6, 6.07) is 0. The van der Waals surface area contributed by atoms with Crippen LogP contribution in [0, 0.1) is 0 Å². The molecule has 0 atom stereocenters. The maximum Gasteiger partial charge on any atom is 0.342 e.